The summed E-state index contributed by atoms with van der Waals surface area (Å²) in [6.07, 6.45) is 2.95. The maximum atomic E-state index is 13.2. The molecular weight excluding hydrogens is 632 g/mol. The minimum absolute atomic E-state index is 0.00700. The zero-order chi connectivity index (χ0) is 32.6. The molecule has 5 rings (SSSR count). The number of nitrogens with zero attached hydrogens (tertiary/aromatic N) is 4. The van der Waals surface area contributed by atoms with Crippen molar-refractivity contribution >= 4 is 63.8 Å². The number of thioether (sulfide) groups is 1. The number of phenols is 2. The average molecular weight is 657 g/mol. The van der Waals surface area contributed by atoms with E-state index in [-0.39, 0.29) is 39.5 Å². The number of hydrogen-bond donors (Lipinski definition) is 6. The Hall–Kier alpha value is -5.36. The van der Waals surface area contributed by atoms with Gasteiger partial charge in [-0.3, -0.25) is 14.5 Å². The molecule has 0 saturated carbocycles. The van der Waals surface area contributed by atoms with E-state index < -0.39 is 46.5 Å². The van der Waals surface area contributed by atoms with Crippen molar-refractivity contribution in [2.45, 2.75) is 30.9 Å². The van der Waals surface area contributed by atoms with Crippen LogP contribution in [0.4, 0.5) is 5.13 Å². The number of nitrogens with two attached hydrogens (primary N) is 1. The maximum Gasteiger partial charge on any atom is 0.352 e. The number of thiazole rings is 1. The van der Waals surface area contributed by atoms with E-state index in [1.165, 1.54) is 61.3 Å². The van der Waals surface area contributed by atoms with Gasteiger partial charge in [-0.15, -0.1) is 23.1 Å². The smallest absolute Gasteiger partial charge is 0.352 e. The lowest BCUT2D eigenvalue weighted by Gasteiger charge is -2.49. The number of carbonyl (C=O) groups excluding carboxylic acids is 2. The number of benzene rings is 1. The molecule has 7 N–H and O–H groups in total. The van der Waals surface area contributed by atoms with Gasteiger partial charge in [0.25, 0.3) is 11.8 Å². The number of aliphatic carboxylic acids is 2. The van der Waals surface area contributed by atoms with E-state index in [4.69, 9.17) is 15.1 Å². The van der Waals surface area contributed by atoms with E-state index >= 15 is 0 Å². The van der Waals surface area contributed by atoms with Gasteiger partial charge in [0, 0.05) is 22.8 Å². The maximum absolute atomic E-state index is 13.2. The van der Waals surface area contributed by atoms with Crippen molar-refractivity contribution in [2.75, 3.05) is 11.5 Å². The highest BCUT2D eigenvalue weighted by Crippen LogP contribution is 2.41. The average Bonchev–Trinajstić information content (AvgIpc) is 3.64. The molecule has 16 nitrogen and oxygen atoms in total. The van der Waals surface area contributed by atoms with Gasteiger partial charge in [-0.25, -0.2) is 14.6 Å². The molecule has 0 bridgehead atoms. The highest BCUT2D eigenvalue weighted by Gasteiger charge is 2.54. The number of rotatable bonds is 10. The lowest BCUT2D eigenvalue weighted by molar-refractivity contribution is -0.161. The largest absolute Gasteiger partial charge is 0.504 e. The van der Waals surface area contributed by atoms with Gasteiger partial charge in [0.2, 0.25) is 5.60 Å². The van der Waals surface area contributed by atoms with E-state index in [9.17, 15) is 39.6 Å². The zero-order valence-electron chi connectivity index (χ0n) is 23.3. The third-order valence-corrected chi connectivity index (χ3v) is 8.57. The first-order chi connectivity index (χ1) is 21.3. The van der Waals surface area contributed by atoms with Crippen molar-refractivity contribution in [3.63, 3.8) is 0 Å². The molecule has 4 heterocycles. The molecule has 234 valence electrons. The third-order valence-electron chi connectivity index (χ3n) is 6.60. The van der Waals surface area contributed by atoms with Crippen LogP contribution >= 0.6 is 23.1 Å². The second-order valence-electron chi connectivity index (χ2n) is 10.1. The Balaban J connectivity index is 1.33. The normalized spacial score (nSPS) is 18.5. The Morgan fingerprint density at radius 1 is 1.20 bits per heavy atom. The van der Waals surface area contributed by atoms with Crippen LogP contribution in [-0.4, -0.2) is 87.7 Å². The fourth-order valence-electron chi connectivity index (χ4n) is 4.15. The number of aromatic hydroxyl groups is 2. The third kappa shape index (κ3) is 6.18. The molecule has 2 aliphatic rings. The summed E-state index contributed by atoms with van der Waals surface area (Å²) in [5.41, 5.74) is 4.31. The summed E-state index contributed by atoms with van der Waals surface area (Å²) in [7, 11) is 0. The van der Waals surface area contributed by atoms with Gasteiger partial charge in [-0.2, -0.15) is 0 Å². The predicted octanol–water partition coefficient (Wildman–Crippen LogP) is 1.83. The minimum atomic E-state index is -1.79. The molecular formula is C27H24N6O10S2. The van der Waals surface area contributed by atoms with Crippen LogP contribution in [-0.2, 0) is 24.0 Å². The molecule has 2 aliphatic heterocycles. The van der Waals surface area contributed by atoms with E-state index in [1.54, 1.807) is 6.07 Å². The first-order valence-electron chi connectivity index (χ1n) is 12.9. The number of carboxylic acids is 2. The summed E-state index contributed by atoms with van der Waals surface area (Å²) in [6, 6.07) is 4.54. The summed E-state index contributed by atoms with van der Waals surface area (Å²) in [5, 5.41) is 49.4. The van der Waals surface area contributed by atoms with Gasteiger partial charge in [0.15, 0.2) is 28.1 Å². The topological polar surface area (TPSA) is 251 Å². The summed E-state index contributed by atoms with van der Waals surface area (Å²) in [5.74, 6) is -4.52. The molecule has 2 atom stereocenters. The number of carbonyl (C=O) groups is 4. The number of allylic oxidation sites excluding steroid dienone is 1. The van der Waals surface area contributed by atoms with Crippen LogP contribution in [0.15, 0.2) is 56.7 Å². The van der Waals surface area contributed by atoms with Crippen molar-refractivity contribution < 1.29 is 49.0 Å². The second-order valence-corrected chi connectivity index (χ2v) is 12.1. The number of nitrogen functional groups attached to an aromatic ring is 1. The van der Waals surface area contributed by atoms with Crippen molar-refractivity contribution in [3.8, 4) is 22.8 Å². The number of phenolic OH excluding ortho intramolecular Hbond substituents is 2. The van der Waals surface area contributed by atoms with Gasteiger partial charge in [-0.05, 0) is 43.7 Å². The number of carboxylic acid groups (broad SMARTS) is 2. The van der Waals surface area contributed by atoms with Crippen LogP contribution in [0.2, 0.25) is 0 Å². The van der Waals surface area contributed by atoms with Gasteiger partial charge >= 0.3 is 11.9 Å². The molecule has 1 fully saturated rings. The number of anilines is 1. The SMILES string of the molecule is CC(C)(O/N=C(\C(=O)N[C@@H]1C(=O)N2C(C(=O)O)=C(/C=C/c3cc(-c4ccc(O)c(O)c4)no3)CS[C@H]12)c1csc(N)n1)C(=O)O. The Labute approximate surface area is 261 Å². The zero-order valence-corrected chi connectivity index (χ0v) is 25.0. The minimum Gasteiger partial charge on any atom is -0.504 e. The van der Waals surface area contributed by atoms with Gasteiger partial charge in [-0.1, -0.05) is 16.4 Å². The number of fused-ring (bicyclic) bond motifs is 1. The Kier molecular flexibility index (Phi) is 8.26. The van der Waals surface area contributed by atoms with Crippen molar-refractivity contribution in [1.82, 2.24) is 20.4 Å². The number of oxime groups is 1. The van der Waals surface area contributed by atoms with Crippen molar-refractivity contribution in [2.24, 2.45) is 5.16 Å². The fourth-order valence-corrected chi connectivity index (χ4v) is 6.02. The molecule has 18 heteroatoms. The van der Waals surface area contributed by atoms with Crippen LogP contribution in [0.5, 0.6) is 11.5 Å². The van der Waals surface area contributed by atoms with Crippen LogP contribution in [0.25, 0.3) is 17.3 Å². The van der Waals surface area contributed by atoms with Crippen molar-refractivity contribution in [3.05, 3.63) is 58.4 Å². The summed E-state index contributed by atoms with van der Waals surface area (Å²) >= 11 is 2.21. The van der Waals surface area contributed by atoms with Crippen LogP contribution < -0.4 is 11.1 Å². The number of β-lactam (4-membered cyclic amide) rings is 1. The van der Waals surface area contributed by atoms with E-state index in [2.05, 4.69) is 20.6 Å². The monoisotopic (exact) mass is 656 g/mol. The Morgan fingerprint density at radius 3 is 2.60 bits per heavy atom. The van der Waals surface area contributed by atoms with E-state index in [0.717, 1.165) is 16.2 Å². The van der Waals surface area contributed by atoms with Gasteiger partial charge in [0.05, 0.1) is 0 Å². The van der Waals surface area contributed by atoms with Gasteiger partial charge in [0.1, 0.15) is 28.5 Å². The molecule has 1 aromatic carbocycles. The predicted molar refractivity (Wildman–Crippen MR) is 160 cm³/mol. The first kappa shape index (κ1) is 31.1. The van der Waals surface area contributed by atoms with Gasteiger partial charge < -0.3 is 40.8 Å². The summed E-state index contributed by atoms with van der Waals surface area (Å²) in [4.78, 5) is 60.3. The van der Waals surface area contributed by atoms with Crippen LogP contribution in [0.1, 0.15) is 25.3 Å². The molecule has 0 unspecified atom stereocenters. The molecule has 3 aromatic rings. The molecule has 1 saturated heterocycles. The highest BCUT2D eigenvalue weighted by molar-refractivity contribution is 8.00. The van der Waals surface area contributed by atoms with Crippen molar-refractivity contribution in [1.29, 1.82) is 0 Å². The molecule has 45 heavy (non-hydrogen) atoms. The lowest BCUT2D eigenvalue weighted by Crippen LogP contribution is -2.71. The first-order valence-corrected chi connectivity index (χ1v) is 14.8. The standard InChI is InChI=1S/C27H24N6O10S2/c1-27(2,25(40)41)43-32-18(15-10-45-26(28)29-15)21(36)30-19-22(37)33-20(24(38)39)12(9-44-23(19)33)3-5-13-8-14(31-42-13)11-4-6-16(34)17(35)7-11/h3-8,10,19,23,34-35H,9H2,1-2H3,(H2,28,29)(H,30,36)(H,38,39)(H,40,41)/b5-3+,32-18-/t19-,23-/m1/s1. The summed E-state index contributed by atoms with van der Waals surface area (Å²) in [6.45, 7) is 2.45. The molecule has 0 radical (unpaired) electrons. The quantitative estimate of drug-likeness (QED) is 0.0788. The fraction of sp³-hybridized carbons (Fsp3) is 0.222. The number of aromatic nitrogens is 2. The molecule has 2 aromatic heterocycles. The highest BCUT2D eigenvalue weighted by atomic mass is 32.2. The Bertz CT molecular complexity index is 1810. The molecule has 2 amide bonds. The number of hydrogen-bond acceptors (Lipinski definition) is 14. The number of nitrogens with one attached hydrogen (secondary N) is 1. The van der Waals surface area contributed by atoms with Crippen LogP contribution in [0, 0.1) is 0 Å². The van der Waals surface area contributed by atoms with Crippen LogP contribution in [0.3, 0.4) is 0 Å². The second kappa shape index (κ2) is 12.0. The van der Waals surface area contributed by atoms with E-state index in [1.807, 2.05) is 0 Å². The summed E-state index contributed by atoms with van der Waals surface area (Å²) < 4.78 is 5.28. The molecule has 0 aliphatic carbocycles. The Morgan fingerprint density at radius 2 is 1.96 bits per heavy atom. The molecule has 0 spiro atoms. The number of amides is 2. The van der Waals surface area contributed by atoms with E-state index in [0.29, 0.717) is 16.8 Å². The lowest BCUT2D eigenvalue weighted by atomic mass is 10.0.